The van der Waals surface area contributed by atoms with Gasteiger partial charge in [-0.3, -0.25) is 14.4 Å². The fourth-order valence-electron chi connectivity index (χ4n) is 1.23. The van der Waals surface area contributed by atoms with Gasteiger partial charge in [0.25, 0.3) is 0 Å². The Hall–Kier alpha value is -2.31. The lowest BCUT2D eigenvalue weighted by Gasteiger charge is -2.05. The van der Waals surface area contributed by atoms with Crippen LogP contribution in [0.2, 0.25) is 0 Å². The van der Waals surface area contributed by atoms with Crippen molar-refractivity contribution in [2.75, 3.05) is 7.11 Å². The molecule has 0 spiro atoms. The van der Waals surface area contributed by atoms with Gasteiger partial charge in [0.2, 0.25) is 11.6 Å². The van der Waals surface area contributed by atoms with Gasteiger partial charge >= 0.3 is 5.97 Å². The highest BCUT2D eigenvalue weighted by Gasteiger charge is 2.24. The van der Waals surface area contributed by atoms with Crippen LogP contribution in [0.3, 0.4) is 0 Å². The molecule has 0 atom stereocenters. The molecule has 0 saturated carbocycles. The third-order valence-corrected chi connectivity index (χ3v) is 2.05. The highest BCUT2D eigenvalue weighted by Crippen LogP contribution is 2.21. The van der Waals surface area contributed by atoms with Gasteiger partial charge in [-0.05, 0) is 6.07 Å². The van der Waals surface area contributed by atoms with E-state index in [2.05, 4.69) is 4.74 Å². The van der Waals surface area contributed by atoms with Crippen LogP contribution in [0.5, 0.6) is 5.75 Å². The van der Waals surface area contributed by atoms with E-state index in [1.165, 1.54) is 0 Å². The molecule has 0 bridgehead atoms. The molecule has 18 heavy (non-hydrogen) atoms. The number of rotatable bonds is 5. The normalized spacial score (nSPS) is 9.94. The molecule has 0 aliphatic carbocycles. The summed E-state index contributed by atoms with van der Waals surface area (Å²) in [5.74, 6) is -6.85. The maximum Gasteiger partial charge on any atom is 0.311 e. The van der Waals surface area contributed by atoms with E-state index in [0.29, 0.717) is 12.1 Å². The molecule has 1 aromatic rings. The van der Waals surface area contributed by atoms with Gasteiger partial charge in [0, 0.05) is 6.07 Å². The zero-order valence-electron chi connectivity index (χ0n) is 9.20. The Morgan fingerprint density at radius 1 is 1.22 bits per heavy atom. The van der Waals surface area contributed by atoms with Gasteiger partial charge in [-0.25, -0.2) is 8.78 Å². The molecule has 0 saturated heterocycles. The molecule has 0 heterocycles. The molecule has 0 aliphatic rings. The summed E-state index contributed by atoms with van der Waals surface area (Å²) in [6.07, 6.45) is -1.08. The molecular weight excluding hydrogens is 250 g/mol. The summed E-state index contributed by atoms with van der Waals surface area (Å²) in [6, 6.07) is 1.10. The van der Waals surface area contributed by atoms with Crippen molar-refractivity contribution in [3.8, 4) is 5.75 Å². The van der Waals surface area contributed by atoms with Crippen molar-refractivity contribution in [2.24, 2.45) is 0 Å². The first kappa shape index (κ1) is 13.8. The topological polar surface area (TPSA) is 80.7 Å². The first-order chi connectivity index (χ1) is 8.36. The Morgan fingerprint density at radius 3 is 2.33 bits per heavy atom. The van der Waals surface area contributed by atoms with Crippen LogP contribution in [-0.4, -0.2) is 29.8 Å². The molecule has 1 aromatic carbocycles. The van der Waals surface area contributed by atoms with Crippen LogP contribution in [0.4, 0.5) is 8.78 Å². The maximum absolute atomic E-state index is 13.4. The van der Waals surface area contributed by atoms with E-state index in [-0.39, 0.29) is 0 Å². The summed E-state index contributed by atoms with van der Waals surface area (Å²) >= 11 is 0. The smallest absolute Gasteiger partial charge is 0.311 e. The number of carbonyl (C=O) groups is 3. The van der Waals surface area contributed by atoms with Crippen molar-refractivity contribution < 1.29 is 33.0 Å². The predicted octanol–water partition coefficient (Wildman–Crippen LogP) is 1.20. The zero-order chi connectivity index (χ0) is 13.9. The van der Waals surface area contributed by atoms with Crippen LogP contribution in [0.15, 0.2) is 12.1 Å². The van der Waals surface area contributed by atoms with Crippen LogP contribution >= 0.6 is 0 Å². The van der Waals surface area contributed by atoms with Crippen molar-refractivity contribution in [1.82, 2.24) is 0 Å². The summed E-state index contributed by atoms with van der Waals surface area (Å²) < 4.78 is 31.1. The van der Waals surface area contributed by atoms with E-state index in [0.717, 1.165) is 7.11 Å². The monoisotopic (exact) mass is 258 g/mol. The van der Waals surface area contributed by atoms with Gasteiger partial charge in [-0.1, -0.05) is 0 Å². The Kier molecular flexibility index (Phi) is 4.09. The molecular formula is C11H8F2O5. The number of ether oxygens (including phenoxy) is 1. The minimum Gasteiger partial charge on any atom is -0.494 e. The van der Waals surface area contributed by atoms with Crippen molar-refractivity contribution in [3.05, 3.63) is 29.3 Å². The third kappa shape index (κ3) is 2.88. The molecule has 0 aliphatic heterocycles. The van der Waals surface area contributed by atoms with E-state index >= 15 is 0 Å². The molecule has 5 nitrogen and oxygen atoms in total. The van der Waals surface area contributed by atoms with Crippen LogP contribution in [-0.2, 0) is 9.59 Å². The van der Waals surface area contributed by atoms with E-state index in [1.807, 2.05) is 0 Å². The van der Waals surface area contributed by atoms with Gasteiger partial charge < -0.3 is 9.84 Å². The summed E-state index contributed by atoms with van der Waals surface area (Å²) in [6.45, 7) is 0. The summed E-state index contributed by atoms with van der Waals surface area (Å²) in [5.41, 5.74) is -0.820. The highest BCUT2D eigenvalue weighted by atomic mass is 19.1. The molecule has 0 unspecified atom stereocenters. The largest absolute Gasteiger partial charge is 0.494 e. The minimum absolute atomic E-state index is 0.422. The molecule has 0 aromatic heterocycles. The number of benzene rings is 1. The van der Waals surface area contributed by atoms with E-state index in [9.17, 15) is 23.2 Å². The number of carboxylic acid groups (broad SMARTS) is 1. The number of hydrogen-bond acceptors (Lipinski definition) is 4. The lowest BCUT2D eigenvalue weighted by molar-refractivity contribution is -0.139. The van der Waals surface area contributed by atoms with Gasteiger partial charge in [0.1, 0.15) is 12.2 Å². The molecule has 1 rings (SSSR count). The number of aliphatic carboxylic acids is 1. The van der Waals surface area contributed by atoms with Crippen LogP contribution in [0.1, 0.15) is 16.8 Å². The fourth-order valence-corrected chi connectivity index (χ4v) is 1.23. The number of hydrogen-bond donors (Lipinski definition) is 1. The SMILES string of the molecule is COc1cc(F)c(C(=O)C(=O)CC(=O)O)cc1F. The maximum atomic E-state index is 13.4. The van der Waals surface area contributed by atoms with Gasteiger partial charge in [-0.2, -0.15) is 0 Å². The summed E-state index contributed by atoms with van der Waals surface area (Å²) in [5, 5.41) is 8.32. The number of ketones is 2. The highest BCUT2D eigenvalue weighted by molar-refractivity contribution is 6.45. The molecule has 96 valence electrons. The van der Waals surface area contributed by atoms with Crippen molar-refractivity contribution >= 4 is 17.5 Å². The minimum atomic E-state index is -1.53. The summed E-state index contributed by atoms with van der Waals surface area (Å²) in [7, 11) is 1.11. The number of halogens is 2. The molecule has 0 radical (unpaired) electrons. The first-order valence-corrected chi connectivity index (χ1v) is 4.69. The zero-order valence-corrected chi connectivity index (χ0v) is 9.20. The lowest BCUT2D eigenvalue weighted by atomic mass is 10.0. The summed E-state index contributed by atoms with van der Waals surface area (Å²) in [4.78, 5) is 32.8. The Morgan fingerprint density at radius 2 is 1.83 bits per heavy atom. The van der Waals surface area contributed by atoms with Gasteiger partial charge in [-0.15, -0.1) is 0 Å². The van der Waals surface area contributed by atoms with Crippen LogP contribution in [0.25, 0.3) is 0 Å². The predicted molar refractivity (Wildman–Crippen MR) is 54.5 cm³/mol. The van der Waals surface area contributed by atoms with Gasteiger partial charge in [0.05, 0.1) is 12.7 Å². The quantitative estimate of drug-likeness (QED) is 0.487. The van der Waals surface area contributed by atoms with Crippen molar-refractivity contribution in [1.29, 1.82) is 0 Å². The molecule has 0 amide bonds. The van der Waals surface area contributed by atoms with Crippen LogP contribution < -0.4 is 4.74 Å². The number of Topliss-reactive ketones (excluding diaryl/α,β-unsaturated/α-hetero) is 2. The number of carbonyl (C=O) groups excluding carboxylic acids is 2. The average molecular weight is 258 g/mol. The Balaban J connectivity index is 3.10. The van der Waals surface area contributed by atoms with E-state index in [1.54, 1.807) is 0 Å². The Bertz CT molecular complexity index is 524. The van der Waals surface area contributed by atoms with E-state index in [4.69, 9.17) is 5.11 Å². The van der Waals surface area contributed by atoms with E-state index < -0.39 is 46.9 Å². The second kappa shape index (κ2) is 5.35. The number of carboxylic acids is 1. The average Bonchev–Trinajstić information content (AvgIpc) is 2.29. The fraction of sp³-hybridized carbons (Fsp3) is 0.182. The van der Waals surface area contributed by atoms with Gasteiger partial charge in [0.15, 0.2) is 11.6 Å². The third-order valence-electron chi connectivity index (χ3n) is 2.05. The second-order valence-electron chi connectivity index (χ2n) is 3.29. The molecule has 0 fully saturated rings. The Labute approximate surface area is 100.0 Å². The van der Waals surface area contributed by atoms with Crippen molar-refractivity contribution in [2.45, 2.75) is 6.42 Å². The first-order valence-electron chi connectivity index (χ1n) is 4.69. The standard InChI is InChI=1S/C11H8F2O5/c1-18-9-3-6(12)5(2-7(9)13)11(17)8(14)4-10(15)16/h2-3H,4H2,1H3,(H,15,16). The lowest BCUT2D eigenvalue weighted by Crippen LogP contribution is -2.19. The molecule has 7 heteroatoms. The second-order valence-corrected chi connectivity index (χ2v) is 3.29. The molecule has 1 N–H and O–H groups in total. The number of methoxy groups -OCH3 is 1. The van der Waals surface area contributed by atoms with Crippen molar-refractivity contribution in [3.63, 3.8) is 0 Å². The van der Waals surface area contributed by atoms with Crippen LogP contribution in [0, 0.1) is 11.6 Å².